The van der Waals surface area contributed by atoms with E-state index in [1.54, 1.807) is 12.1 Å². The molecule has 0 aliphatic carbocycles. The van der Waals surface area contributed by atoms with Crippen molar-refractivity contribution in [2.45, 2.75) is 0 Å². The highest BCUT2D eigenvalue weighted by Gasteiger charge is 2.09. The van der Waals surface area contributed by atoms with Gasteiger partial charge in [-0.2, -0.15) is 0 Å². The average molecular weight is 375 g/mol. The van der Waals surface area contributed by atoms with Crippen LogP contribution in [0.2, 0.25) is 5.02 Å². The van der Waals surface area contributed by atoms with Crippen LogP contribution in [0, 0.1) is 3.57 Å². The summed E-state index contributed by atoms with van der Waals surface area (Å²) in [5.74, 6) is -0.433. The van der Waals surface area contributed by atoms with E-state index in [1.807, 2.05) is 6.07 Å². The number of aromatic hydroxyl groups is 1. The molecule has 2 aromatic rings. The van der Waals surface area contributed by atoms with Gasteiger partial charge < -0.3 is 10.4 Å². The van der Waals surface area contributed by atoms with Crippen molar-refractivity contribution in [2.75, 3.05) is 5.32 Å². The van der Waals surface area contributed by atoms with Crippen LogP contribution in [0.1, 0.15) is 10.4 Å². The second-order valence-corrected chi connectivity index (χ2v) is 5.16. The molecule has 1 aromatic heterocycles. The van der Waals surface area contributed by atoms with Gasteiger partial charge in [0.05, 0.1) is 22.5 Å². The molecule has 0 saturated carbocycles. The summed E-state index contributed by atoms with van der Waals surface area (Å²) in [5, 5.41) is 12.4. The molecule has 0 atom stereocenters. The molecule has 1 aromatic carbocycles. The van der Waals surface area contributed by atoms with Crippen LogP contribution >= 0.6 is 34.2 Å². The van der Waals surface area contributed by atoms with Crippen LogP contribution in [0.4, 0.5) is 5.69 Å². The molecule has 92 valence electrons. The maximum Gasteiger partial charge on any atom is 0.257 e. The first-order chi connectivity index (χ1) is 8.56. The topological polar surface area (TPSA) is 62.2 Å². The molecule has 18 heavy (non-hydrogen) atoms. The predicted octanol–water partition coefficient (Wildman–Crippen LogP) is 3.30. The quantitative estimate of drug-likeness (QED) is 0.793. The molecule has 0 fully saturated rings. The van der Waals surface area contributed by atoms with Gasteiger partial charge in [0.2, 0.25) is 0 Å². The van der Waals surface area contributed by atoms with E-state index in [9.17, 15) is 9.90 Å². The minimum absolute atomic E-state index is 0.0589. The smallest absolute Gasteiger partial charge is 0.257 e. The Kier molecular flexibility index (Phi) is 4.03. The third-order valence-electron chi connectivity index (χ3n) is 2.17. The summed E-state index contributed by atoms with van der Waals surface area (Å²) >= 11 is 8.14. The molecule has 0 spiro atoms. The second kappa shape index (κ2) is 5.53. The first-order valence-corrected chi connectivity index (χ1v) is 6.42. The number of carbonyl (C=O) groups is 1. The van der Waals surface area contributed by atoms with Crippen molar-refractivity contribution in [1.82, 2.24) is 4.98 Å². The van der Waals surface area contributed by atoms with Gasteiger partial charge in [-0.25, -0.2) is 0 Å². The van der Waals surface area contributed by atoms with Gasteiger partial charge in [0, 0.05) is 9.77 Å². The Balaban J connectivity index is 2.21. The molecular weight excluding hydrogens is 367 g/mol. The Morgan fingerprint density at radius 3 is 2.78 bits per heavy atom. The maximum absolute atomic E-state index is 11.9. The molecule has 4 nitrogen and oxygen atoms in total. The van der Waals surface area contributed by atoms with Crippen molar-refractivity contribution < 1.29 is 9.90 Å². The molecule has 2 N–H and O–H groups in total. The van der Waals surface area contributed by atoms with Crippen LogP contribution < -0.4 is 5.32 Å². The third kappa shape index (κ3) is 3.11. The van der Waals surface area contributed by atoms with E-state index in [4.69, 9.17) is 11.6 Å². The zero-order chi connectivity index (χ0) is 13.1. The lowest BCUT2D eigenvalue weighted by atomic mass is 10.2. The van der Waals surface area contributed by atoms with E-state index in [0.29, 0.717) is 10.7 Å². The summed E-state index contributed by atoms with van der Waals surface area (Å²) < 4.78 is 0.981. The number of pyridine rings is 1. The summed E-state index contributed by atoms with van der Waals surface area (Å²) in [5.41, 5.74) is 0.787. The van der Waals surface area contributed by atoms with Gasteiger partial charge in [-0.3, -0.25) is 9.78 Å². The SMILES string of the molecule is O=C(Nc1ccc(I)cc1Cl)c1cncc(O)c1. The molecule has 1 amide bonds. The van der Waals surface area contributed by atoms with E-state index < -0.39 is 0 Å². The Labute approximate surface area is 122 Å². The fourth-order valence-corrected chi connectivity index (χ4v) is 2.24. The summed E-state index contributed by atoms with van der Waals surface area (Å²) in [6.07, 6.45) is 2.63. The van der Waals surface area contributed by atoms with Crippen molar-refractivity contribution >= 4 is 45.8 Å². The molecule has 0 bridgehead atoms. The Hall–Kier alpha value is -1.34. The monoisotopic (exact) mass is 374 g/mol. The summed E-state index contributed by atoms with van der Waals surface area (Å²) in [4.78, 5) is 15.6. The second-order valence-electron chi connectivity index (χ2n) is 3.51. The number of nitrogens with one attached hydrogen (secondary N) is 1. The highest BCUT2D eigenvalue weighted by Crippen LogP contribution is 2.24. The van der Waals surface area contributed by atoms with Crippen LogP contribution in [-0.2, 0) is 0 Å². The van der Waals surface area contributed by atoms with E-state index in [-0.39, 0.29) is 17.2 Å². The molecule has 1 heterocycles. The van der Waals surface area contributed by atoms with Crippen LogP contribution in [0.15, 0.2) is 36.7 Å². The first kappa shape index (κ1) is 13.1. The maximum atomic E-state index is 11.9. The normalized spacial score (nSPS) is 10.1. The van der Waals surface area contributed by atoms with E-state index in [2.05, 4.69) is 32.9 Å². The zero-order valence-corrected chi connectivity index (χ0v) is 11.9. The van der Waals surface area contributed by atoms with Crippen LogP contribution in [0.5, 0.6) is 5.75 Å². The molecule has 0 aliphatic rings. The van der Waals surface area contributed by atoms with Crippen LogP contribution in [0.3, 0.4) is 0 Å². The zero-order valence-electron chi connectivity index (χ0n) is 9.02. The van der Waals surface area contributed by atoms with E-state index >= 15 is 0 Å². The van der Waals surface area contributed by atoms with Crippen molar-refractivity contribution in [1.29, 1.82) is 0 Å². The van der Waals surface area contributed by atoms with Gasteiger partial charge in [-0.05, 0) is 46.9 Å². The highest BCUT2D eigenvalue weighted by molar-refractivity contribution is 14.1. The first-order valence-electron chi connectivity index (χ1n) is 4.96. The number of nitrogens with zero attached hydrogens (tertiary/aromatic N) is 1. The van der Waals surface area contributed by atoms with Crippen molar-refractivity contribution in [2.24, 2.45) is 0 Å². The van der Waals surface area contributed by atoms with Crippen molar-refractivity contribution in [3.8, 4) is 5.75 Å². The summed E-state index contributed by atoms with van der Waals surface area (Å²) in [6, 6.07) is 6.64. The van der Waals surface area contributed by atoms with Crippen LogP contribution in [0.25, 0.3) is 0 Å². The number of halogens is 2. The molecule has 0 saturated heterocycles. The van der Waals surface area contributed by atoms with Gasteiger partial charge in [-0.1, -0.05) is 11.6 Å². The lowest BCUT2D eigenvalue weighted by Crippen LogP contribution is -2.12. The molecule has 0 aliphatic heterocycles. The molecular formula is C12H8ClIN2O2. The number of hydrogen-bond donors (Lipinski definition) is 2. The Morgan fingerprint density at radius 2 is 2.11 bits per heavy atom. The highest BCUT2D eigenvalue weighted by atomic mass is 127. The minimum Gasteiger partial charge on any atom is -0.506 e. The summed E-state index contributed by atoms with van der Waals surface area (Å²) in [7, 11) is 0. The largest absolute Gasteiger partial charge is 0.506 e. The predicted molar refractivity (Wildman–Crippen MR) is 78.0 cm³/mol. The number of benzene rings is 1. The standard InChI is InChI=1S/C12H8ClIN2O2/c13-10-4-8(14)1-2-11(10)16-12(18)7-3-9(17)6-15-5-7/h1-6,17H,(H,16,18). The van der Waals surface area contributed by atoms with E-state index in [1.165, 1.54) is 18.5 Å². The number of amides is 1. The fraction of sp³-hybridized carbons (Fsp3) is 0. The number of carbonyl (C=O) groups excluding carboxylic acids is 1. The molecule has 6 heteroatoms. The lowest BCUT2D eigenvalue weighted by Gasteiger charge is -2.07. The van der Waals surface area contributed by atoms with Crippen molar-refractivity contribution in [3.63, 3.8) is 0 Å². The Bertz CT molecular complexity index is 604. The number of aromatic nitrogens is 1. The number of hydrogen-bond acceptors (Lipinski definition) is 3. The lowest BCUT2D eigenvalue weighted by molar-refractivity contribution is 0.102. The fourth-order valence-electron chi connectivity index (χ4n) is 1.34. The van der Waals surface area contributed by atoms with Crippen molar-refractivity contribution in [3.05, 3.63) is 50.8 Å². The molecule has 2 rings (SSSR count). The van der Waals surface area contributed by atoms with Crippen LogP contribution in [-0.4, -0.2) is 16.0 Å². The van der Waals surface area contributed by atoms with Gasteiger partial charge in [-0.15, -0.1) is 0 Å². The average Bonchev–Trinajstić information content (AvgIpc) is 2.32. The van der Waals surface area contributed by atoms with Gasteiger partial charge in [0.25, 0.3) is 5.91 Å². The van der Waals surface area contributed by atoms with Gasteiger partial charge >= 0.3 is 0 Å². The minimum atomic E-state index is -0.374. The van der Waals surface area contributed by atoms with Gasteiger partial charge in [0.15, 0.2) is 0 Å². The number of anilines is 1. The third-order valence-corrected chi connectivity index (χ3v) is 3.15. The van der Waals surface area contributed by atoms with Gasteiger partial charge in [0.1, 0.15) is 5.75 Å². The molecule has 0 unspecified atom stereocenters. The number of rotatable bonds is 2. The molecule has 0 radical (unpaired) electrons. The van der Waals surface area contributed by atoms with E-state index in [0.717, 1.165) is 3.57 Å². The summed E-state index contributed by atoms with van der Waals surface area (Å²) in [6.45, 7) is 0. The Morgan fingerprint density at radius 1 is 1.33 bits per heavy atom.